The highest BCUT2D eigenvalue weighted by molar-refractivity contribution is 8.01. The molecule has 10 N–H and O–H groups in total. The number of aliphatic imine (C=N–C) groups is 1. The Hall–Kier alpha value is -4.08. The molecule has 12 nitrogen and oxygen atoms in total. The highest BCUT2D eigenvalue weighted by Gasteiger charge is 2.25. The molecule has 2 aromatic carbocycles. The van der Waals surface area contributed by atoms with Crippen molar-refractivity contribution in [2.45, 2.75) is 39.7 Å². The maximum atomic E-state index is 13.6. The third-order valence-corrected chi connectivity index (χ3v) is 10.1. The number of urea groups is 1. The quantitative estimate of drug-likeness (QED) is 0.0637. The Morgan fingerprint density at radius 3 is 2.49 bits per heavy atom. The van der Waals surface area contributed by atoms with Crippen molar-refractivity contribution in [2.75, 3.05) is 18.1 Å². The van der Waals surface area contributed by atoms with Crippen LogP contribution in [0.5, 0.6) is 0 Å². The number of anilines is 1. The Labute approximate surface area is 245 Å². The fourth-order valence-corrected chi connectivity index (χ4v) is 7.73. The zero-order valence-electron chi connectivity index (χ0n) is 22.1. The first-order valence-corrected chi connectivity index (χ1v) is 15.8. The number of amidine groups is 1. The van der Waals surface area contributed by atoms with Gasteiger partial charge < -0.3 is 32.9 Å². The number of aliphatic carboxylic acids is 1. The van der Waals surface area contributed by atoms with E-state index >= 15 is 0 Å². The Balaban J connectivity index is 1.92. The largest absolute Gasteiger partial charge is 0.481 e. The first kappa shape index (κ1) is 31.4. The van der Waals surface area contributed by atoms with Crippen LogP contribution in [0.25, 0.3) is 11.1 Å². The van der Waals surface area contributed by atoms with Gasteiger partial charge in [-0.1, -0.05) is 24.6 Å². The van der Waals surface area contributed by atoms with E-state index in [2.05, 4.69) is 15.6 Å². The lowest BCUT2D eigenvalue weighted by molar-refractivity contribution is -0.137. The van der Waals surface area contributed by atoms with Gasteiger partial charge in [0, 0.05) is 18.5 Å². The van der Waals surface area contributed by atoms with Crippen molar-refractivity contribution in [1.29, 1.82) is 5.41 Å². The third-order valence-electron chi connectivity index (χ3n) is 5.72. The molecule has 15 heteroatoms. The molecule has 0 unspecified atom stereocenters. The number of rotatable bonds is 13. The van der Waals surface area contributed by atoms with Crippen LogP contribution in [0.1, 0.15) is 30.6 Å². The van der Waals surface area contributed by atoms with E-state index in [9.17, 15) is 18.0 Å². The molecule has 0 bridgehead atoms. The Kier molecular flexibility index (Phi) is 10.7. The lowest BCUT2D eigenvalue weighted by atomic mass is 10.0. The molecule has 1 heterocycles. The van der Waals surface area contributed by atoms with Gasteiger partial charge in [-0.2, -0.15) is 0 Å². The van der Waals surface area contributed by atoms with Gasteiger partial charge in [-0.15, -0.1) is 23.1 Å². The number of carbonyl (C=O) groups excluding carboxylic acids is 1. The average Bonchev–Trinajstić information content (AvgIpc) is 3.36. The Morgan fingerprint density at radius 2 is 1.83 bits per heavy atom. The molecule has 1 aromatic heterocycles. The second-order valence-corrected chi connectivity index (χ2v) is 12.8. The average molecular weight is 618 g/mol. The van der Waals surface area contributed by atoms with E-state index in [1.807, 2.05) is 0 Å². The molecule has 0 saturated heterocycles. The summed E-state index contributed by atoms with van der Waals surface area (Å²) in [4.78, 5) is 27.8. The molecule has 218 valence electrons. The number of amides is 2. The summed E-state index contributed by atoms with van der Waals surface area (Å²) >= 11 is 2.40. The molecule has 0 atom stereocenters. The van der Waals surface area contributed by atoms with Crippen molar-refractivity contribution in [3.05, 3.63) is 53.4 Å². The third kappa shape index (κ3) is 8.45. The molecule has 3 aromatic rings. The number of thiophene rings is 1. The van der Waals surface area contributed by atoms with E-state index in [4.69, 9.17) is 27.7 Å². The van der Waals surface area contributed by atoms with Crippen molar-refractivity contribution in [3.8, 4) is 11.1 Å². The Bertz CT molecular complexity index is 1580. The molecule has 0 aliphatic heterocycles. The molecule has 3 rings (SSSR count). The van der Waals surface area contributed by atoms with Gasteiger partial charge in [0.15, 0.2) is 5.96 Å². The van der Waals surface area contributed by atoms with Gasteiger partial charge in [-0.3, -0.25) is 10.2 Å². The van der Waals surface area contributed by atoms with E-state index in [0.717, 1.165) is 11.3 Å². The van der Waals surface area contributed by atoms with Crippen LogP contribution in [0.4, 0.5) is 16.2 Å². The molecule has 0 fully saturated rings. The van der Waals surface area contributed by atoms with Gasteiger partial charge in [0.2, 0.25) is 9.84 Å². The topological polar surface area (TPSA) is 227 Å². The van der Waals surface area contributed by atoms with Crippen molar-refractivity contribution in [3.63, 3.8) is 0 Å². The molecular weight excluding hydrogens is 587 g/mol. The zero-order valence-corrected chi connectivity index (χ0v) is 24.6. The predicted molar refractivity (Wildman–Crippen MR) is 163 cm³/mol. The summed E-state index contributed by atoms with van der Waals surface area (Å²) in [5, 5.41) is 21.9. The predicted octanol–water partition coefficient (Wildman–Crippen LogP) is 3.93. The lowest BCUT2D eigenvalue weighted by Crippen LogP contribution is -2.29. The summed E-state index contributed by atoms with van der Waals surface area (Å²) in [6.45, 7) is 0.336. The van der Waals surface area contributed by atoms with E-state index in [0.29, 0.717) is 57.4 Å². The van der Waals surface area contributed by atoms with Gasteiger partial charge in [0.25, 0.3) is 0 Å². The first-order valence-electron chi connectivity index (χ1n) is 12.3. The Morgan fingerprint density at radius 1 is 1.07 bits per heavy atom. The molecule has 0 spiro atoms. The summed E-state index contributed by atoms with van der Waals surface area (Å²) < 4.78 is 27.8. The van der Waals surface area contributed by atoms with E-state index in [-0.39, 0.29) is 28.0 Å². The summed E-state index contributed by atoms with van der Waals surface area (Å²) in [5.41, 5.74) is 18.4. The molecular formula is C26H31N7O5S3. The SMILES string of the molecule is CSc1sc(C(=N)N)cc1S(=O)(=O)c1cccc(-c2ccc(N=C(N)N)cc2NC(=O)NCCCCCC(=O)O)c1. The summed E-state index contributed by atoms with van der Waals surface area (Å²) in [6, 6.07) is 12.1. The van der Waals surface area contributed by atoms with Crippen LogP contribution in [0.2, 0.25) is 0 Å². The second-order valence-electron chi connectivity index (χ2n) is 8.76. The van der Waals surface area contributed by atoms with Crippen LogP contribution in [-0.2, 0) is 14.6 Å². The van der Waals surface area contributed by atoms with E-state index < -0.39 is 21.8 Å². The highest BCUT2D eigenvalue weighted by Crippen LogP contribution is 2.38. The molecule has 0 saturated carbocycles. The second kappa shape index (κ2) is 14.0. The smallest absolute Gasteiger partial charge is 0.319 e. The van der Waals surface area contributed by atoms with Gasteiger partial charge in [-0.05, 0) is 55.0 Å². The summed E-state index contributed by atoms with van der Waals surface area (Å²) in [5.74, 6) is -1.25. The molecule has 0 radical (unpaired) electrons. The van der Waals surface area contributed by atoms with Crippen LogP contribution in [0, 0.1) is 5.41 Å². The molecule has 2 amide bonds. The van der Waals surface area contributed by atoms with Crippen LogP contribution < -0.4 is 27.8 Å². The maximum Gasteiger partial charge on any atom is 0.319 e. The molecule has 41 heavy (non-hydrogen) atoms. The normalized spacial score (nSPS) is 11.0. The number of nitrogens with one attached hydrogen (secondary N) is 3. The number of nitrogens with zero attached hydrogens (tertiary/aromatic N) is 1. The number of hydrogen-bond acceptors (Lipinski definition) is 8. The van der Waals surface area contributed by atoms with Crippen molar-refractivity contribution >= 4 is 68.1 Å². The summed E-state index contributed by atoms with van der Waals surface area (Å²) in [6.07, 6.45) is 3.60. The van der Waals surface area contributed by atoms with Gasteiger partial charge >= 0.3 is 12.0 Å². The van der Waals surface area contributed by atoms with Crippen LogP contribution in [-0.4, -0.2) is 50.1 Å². The number of nitrogens with two attached hydrogens (primary N) is 3. The van der Waals surface area contributed by atoms with Crippen LogP contribution in [0.3, 0.4) is 0 Å². The monoisotopic (exact) mass is 617 g/mol. The van der Waals surface area contributed by atoms with E-state index in [1.54, 1.807) is 36.6 Å². The summed E-state index contributed by atoms with van der Waals surface area (Å²) in [7, 11) is -3.96. The van der Waals surface area contributed by atoms with Crippen LogP contribution >= 0.6 is 23.1 Å². The highest BCUT2D eigenvalue weighted by atomic mass is 32.2. The fraction of sp³-hybridized carbons (Fsp3) is 0.231. The number of sulfone groups is 1. The standard InChI is InChI=1S/C26H31N7O5S3/c1-39-24-21(14-20(40-24)23(27)28)41(37,38)17-7-5-6-15(12-17)18-10-9-16(32-25(29)30)13-19(18)33-26(36)31-11-4-2-3-8-22(34)35/h5-7,9-10,12-14H,2-4,8,11H2,1H3,(H3,27,28)(H,34,35)(H4,29,30,32)(H2,31,33,36). The number of carboxylic acids is 1. The minimum absolute atomic E-state index is 0.0308. The van der Waals surface area contributed by atoms with Gasteiger partial charge in [-0.25, -0.2) is 18.2 Å². The number of guanidine groups is 1. The molecule has 0 aliphatic carbocycles. The number of thioether (sulfide) groups is 1. The number of nitrogen functional groups attached to an aromatic ring is 1. The fourth-order valence-electron chi connectivity index (χ4n) is 3.83. The van der Waals surface area contributed by atoms with Gasteiger partial charge in [0.05, 0.1) is 30.3 Å². The number of carboxylic acid groups (broad SMARTS) is 1. The van der Waals surface area contributed by atoms with Crippen molar-refractivity contribution in [1.82, 2.24) is 5.32 Å². The minimum Gasteiger partial charge on any atom is -0.481 e. The van der Waals surface area contributed by atoms with Crippen LogP contribution in [0.15, 0.2) is 67.5 Å². The minimum atomic E-state index is -3.96. The number of benzene rings is 2. The molecule has 0 aliphatic rings. The van der Waals surface area contributed by atoms with Crippen molar-refractivity contribution < 1.29 is 23.1 Å². The van der Waals surface area contributed by atoms with E-state index in [1.165, 1.54) is 30.0 Å². The van der Waals surface area contributed by atoms with Crippen molar-refractivity contribution in [2.24, 2.45) is 22.2 Å². The van der Waals surface area contributed by atoms with Gasteiger partial charge in [0.1, 0.15) is 5.84 Å². The first-order chi connectivity index (χ1) is 19.4. The maximum absolute atomic E-state index is 13.6. The zero-order chi connectivity index (χ0) is 30.2. The lowest BCUT2D eigenvalue weighted by Gasteiger charge is -2.14. The number of hydrogen-bond donors (Lipinski definition) is 7. The number of carbonyl (C=O) groups is 2. The number of unbranched alkanes of at least 4 members (excludes halogenated alkanes) is 2.